The molecular weight excluding hydrogens is 378 g/mol. The first kappa shape index (κ1) is 18.0. The Labute approximate surface area is 172 Å². The van der Waals surface area contributed by atoms with E-state index in [4.69, 9.17) is 0 Å². The molecule has 0 spiro atoms. The summed E-state index contributed by atoms with van der Waals surface area (Å²) in [6, 6.07) is 25.4. The van der Waals surface area contributed by atoms with Gasteiger partial charge in [-0.05, 0) is 29.8 Å². The van der Waals surface area contributed by atoms with Crippen molar-refractivity contribution in [1.82, 2.24) is 35.3 Å². The van der Waals surface area contributed by atoms with E-state index in [1.165, 1.54) is 0 Å². The van der Waals surface area contributed by atoms with Gasteiger partial charge in [0.1, 0.15) is 17.2 Å². The first-order valence-electron chi connectivity index (χ1n) is 9.69. The molecule has 0 fully saturated rings. The van der Waals surface area contributed by atoms with Crippen LogP contribution in [0.5, 0.6) is 0 Å². The molecule has 2 atom stereocenters. The molecule has 8 nitrogen and oxygen atoms in total. The average molecular weight is 397 g/mol. The van der Waals surface area contributed by atoms with Crippen molar-refractivity contribution in [1.29, 1.82) is 0 Å². The Balaban J connectivity index is 1.61. The first-order chi connectivity index (χ1) is 14.8. The fourth-order valence-corrected chi connectivity index (χ4v) is 3.82. The van der Waals surface area contributed by atoms with Gasteiger partial charge in [0.05, 0.1) is 17.1 Å². The molecule has 0 bridgehead atoms. The molecule has 30 heavy (non-hydrogen) atoms. The number of hydrogen-bond acceptors (Lipinski definition) is 5. The van der Waals surface area contributed by atoms with E-state index in [1.807, 2.05) is 71.4 Å². The van der Waals surface area contributed by atoms with Crippen LogP contribution >= 0.6 is 0 Å². The lowest BCUT2D eigenvalue weighted by Crippen LogP contribution is -2.30. The number of benzene rings is 3. The smallest absolute Gasteiger partial charge is 0.208 e. The summed E-state index contributed by atoms with van der Waals surface area (Å²) in [6.45, 7) is 0. The van der Waals surface area contributed by atoms with E-state index in [1.54, 1.807) is 4.68 Å². The largest absolute Gasteiger partial charge is 0.337 e. The van der Waals surface area contributed by atoms with Gasteiger partial charge in [-0.25, -0.2) is 9.36 Å². The van der Waals surface area contributed by atoms with Crippen LogP contribution in [0.15, 0.2) is 78.9 Å². The summed E-state index contributed by atoms with van der Waals surface area (Å²) in [7, 11) is 0. The van der Waals surface area contributed by atoms with Crippen molar-refractivity contribution in [2.24, 2.45) is 0 Å². The van der Waals surface area contributed by atoms with Gasteiger partial charge < -0.3 is 5.32 Å². The fourth-order valence-electron chi connectivity index (χ4n) is 3.82. The van der Waals surface area contributed by atoms with Crippen LogP contribution in [0.3, 0.4) is 0 Å². The summed E-state index contributed by atoms with van der Waals surface area (Å²) in [5.74, 6) is 0. The van der Waals surface area contributed by atoms with Crippen LogP contribution < -0.4 is 5.32 Å². The van der Waals surface area contributed by atoms with Gasteiger partial charge in [-0.2, -0.15) is 0 Å². The number of para-hydroxylation sites is 2. The van der Waals surface area contributed by atoms with Crippen LogP contribution in [0.4, 0.5) is 0 Å². The Hall–Kier alpha value is -4.07. The summed E-state index contributed by atoms with van der Waals surface area (Å²) in [5.41, 5.74) is 4.45. The van der Waals surface area contributed by atoms with Gasteiger partial charge in [-0.1, -0.05) is 65.0 Å². The highest BCUT2D eigenvalue weighted by Gasteiger charge is 2.25. The van der Waals surface area contributed by atoms with Gasteiger partial charge in [0.25, 0.3) is 0 Å². The van der Waals surface area contributed by atoms with Gasteiger partial charge in [0, 0.05) is 6.42 Å². The van der Waals surface area contributed by atoms with E-state index >= 15 is 0 Å². The number of hydrogen-bond donors (Lipinski definition) is 1. The van der Waals surface area contributed by atoms with Crippen molar-refractivity contribution in [3.8, 4) is 0 Å². The maximum absolute atomic E-state index is 11.5. The Morgan fingerprint density at radius 1 is 0.767 bits per heavy atom. The minimum Gasteiger partial charge on any atom is -0.337 e. The molecule has 0 radical (unpaired) electrons. The monoisotopic (exact) mass is 397 g/mol. The molecule has 0 aliphatic carbocycles. The van der Waals surface area contributed by atoms with Crippen molar-refractivity contribution < 1.29 is 4.79 Å². The number of nitrogens with one attached hydrogen (secondary N) is 1. The molecule has 8 heteroatoms. The first-order valence-corrected chi connectivity index (χ1v) is 9.69. The van der Waals surface area contributed by atoms with Crippen LogP contribution in [0, 0.1) is 0 Å². The molecule has 0 aliphatic heterocycles. The van der Waals surface area contributed by atoms with Crippen molar-refractivity contribution in [2.75, 3.05) is 0 Å². The van der Waals surface area contributed by atoms with Crippen molar-refractivity contribution in [2.45, 2.75) is 18.6 Å². The number of aromatic nitrogens is 6. The highest BCUT2D eigenvalue weighted by Crippen LogP contribution is 2.30. The molecule has 5 rings (SSSR count). The van der Waals surface area contributed by atoms with Gasteiger partial charge in [0.15, 0.2) is 0 Å². The Kier molecular flexibility index (Phi) is 4.65. The minimum absolute atomic E-state index is 0.168. The molecule has 1 N–H and O–H groups in total. The van der Waals surface area contributed by atoms with Crippen molar-refractivity contribution in [3.05, 3.63) is 84.4 Å². The second-order valence-corrected chi connectivity index (χ2v) is 7.01. The number of nitrogens with zero attached hydrogens (tertiary/aromatic N) is 6. The summed E-state index contributed by atoms with van der Waals surface area (Å²) in [4.78, 5) is 11.5. The van der Waals surface area contributed by atoms with E-state index in [2.05, 4.69) is 38.1 Å². The lowest BCUT2D eigenvalue weighted by Gasteiger charge is -2.24. The summed E-state index contributed by atoms with van der Waals surface area (Å²) in [5, 5.41) is 20.2. The van der Waals surface area contributed by atoms with Crippen LogP contribution in [-0.4, -0.2) is 36.4 Å². The van der Waals surface area contributed by atoms with E-state index in [9.17, 15) is 4.79 Å². The predicted molar refractivity (Wildman–Crippen MR) is 112 cm³/mol. The van der Waals surface area contributed by atoms with Gasteiger partial charge in [-0.3, -0.25) is 4.79 Å². The van der Waals surface area contributed by atoms with E-state index in [-0.39, 0.29) is 6.04 Å². The topological polar surface area (TPSA) is 90.5 Å². The molecule has 5 aromatic rings. The average Bonchev–Trinajstić information content (AvgIpc) is 3.42. The third kappa shape index (κ3) is 3.18. The summed E-state index contributed by atoms with van der Waals surface area (Å²) < 4.78 is 3.65. The Morgan fingerprint density at radius 3 is 2.00 bits per heavy atom. The Bertz CT molecular complexity index is 1290. The number of carbonyl (C=O) groups excluding carboxylic acids is 1. The molecule has 148 valence electrons. The second kappa shape index (κ2) is 7.75. The van der Waals surface area contributed by atoms with Crippen LogP contribution in [0.25, 0.3) is 22.1 Å². The Morgan fingerprint density at radius 2 is 1.33 bits per heavy atom. The minimum atomic E-state index is -0.414. The SMILES string of the molecule is O=CNC(CC(c1ccccc1)n1nnc2ccccc21)n1nnc2ccccc21. The molecule has 0 saturated carbocycles. The zero-order chi connectivity index (χ0) is 20.3. The maximum atomic E-state index is 11.5. The number of rotatable bonds is 7. The molecule has 2 heterocycles. The van der Waals surface area contributed by atoms with Gasteiger partial charge >= 0.3 is 0 Å². The second-order valence-electron chi connectivity index (χ2n) is 7.01. The van der Waals surface area contributed by atoms with E-state index < -0.39 is 6.17 Å². The number of fused-ring (bicyclic) bond motifs is 2. The lowest BCUT2D eigenvalue weighted by atomic mass is 10.0. The van der Waals surface area contributed by atoms with E-state index in [0.717, 1.165) is 27.6 Å². The summed E-state index contributed by atoms with van der Waals surface area (Å²) >= 11 is 0. The van der Waals surface area contributed by atoms with Crippen molar-refractivity contribution in [3.63, 3.8) is 0 Å². The van der Waals surface area contributed by atoms with Crippen LogP contribution in [0.2, 0.25) is 0 Å². The zero-order valence-electron chi connectivity index (χ0n) is 16.0. The van der Waals surface area contributed by atoms with Gasteiger partial charge in [-0.15, -0.1) is 10.2 Å². The fraction of sp³-hybridized carbons (Fsp3) is 0.136. The predicted octanol–water partition coefficient (Wildman–Crippen LogP) is 3.10. The zero-order valence-corrected chi connectivity index (χ0v) is 16.0. The van der Waals surface area contributed by atoms with Crippen LogP contribution in [0.1, 0.15) is 24.2 Å². The maximum Gasteiger partial charge on any atom is 0.208 e. The molecule has 0 saturated heterocycles. The normalized spacial score (nSPS) is 13.3. The quantitative estimate of drug-likeness (QED) is 0.426. The molecule has 3 aromatic carbocycles. The van der Waals surface area contributed by atoms with E-state index in [0.29, 0.717) is 12.8 Å². The molecule has 0 aliphatic rings. The summed E-state index contributed by atoms with van der Waals surface area (Å²) in [6.07, 6.45) is 0.801. The molecule has 1 amide bonds. The van der Waals surface area contributed by atoms with Crippen LogP contribution in [-0.2, 0) is 4.79 Å². The third-order valence-electron chi connectivity index (χ3n) is 5.24. The number of amides is 1. The van der Waals surface area contributed by atoms with Crippen molar-refractivity contribution >= 4 is 28.5 Å². The molecular formula is C22H19N7O. The standard InChI is InChI=1S/C22H19N7O/c30-15-23-22(29-20-13-7-5-11-18(20)25-27-29)14-21(16-8-2-1-3-9-16)28-19-12-6-4-10-17(19)24-26-28/h1-13,15,21-22H,14H2,(H,23,30). The molecule has 2 aromatic heterocycles. The van der Waals surface area contributed by atoms with Gasteiger partial charge in [0.2, 0.25) is 6.41 Å². The highest BCUT2D eigenvalue weighted by molar-refractivity contribution is 5.75. The lowest BCUT2D eigenvalue weighted by molar-refractivity contribution is -0.110. The third-order valence-corrected chi connectivity index (χ3v) is 5.24. The molecule has 2 unspecified atom stereocenters. The highest BCUT2D eigenvalue weighted by atomic mass is 16.1. The number of carbonyl (C=O) groups is 1.